The molecule has 2 aliphatic rings. The minimum atomic E-state index is -2.23. The van der Waals surface area contributed by atoms with Crippen molar-refractivity contribution in [1.82, 2.24) is 0 Å². The quantitative estimate of drug-likeness (QED) is 0.109. The van der Waals surface area contributed by atoms with Crippen LogP contribution in [0.5, 0.6) is 0 Å². The third-order valence-corrected chi connectivity index (χ3v) is 15.7. The lowest BCUT2D eigenvalue weighted by molar-refractivity contribution is -0.344. The summed E-state index contributed by atoms with van der Waals surface area (Å²) in [5, 5.41) is 0. The van der Waals surface area contributed by atoms with Gasteiger partial charge >= 0.3 is 0 Å². The Morgan fingerprint density at radius 1 is 0.291 bits per heavy atom. The maximum absolute atomic E-state index is 7.46. The molecule has 0 aromatic heterocycles. The monoisotopic (exact) mass is 918 g/mol. The highest BCUT2D eigenvalue weighted by Gasteiger charge is 2.57. The molecule has 0 saturated carbocycles. The Balaban J connectivity index is 2.93. The van der Waals surface area contributed by atoms with E-state index in [9.17, 15) is 0 Å². The minimum absolute atomic E-state index is 0.321. The van der Waals surface area contributed by atoms with Crippen LogP contribution in [0.2, 0.25) is 157 Å². The van der Waals surface area contributed by atoms with Crippen LogP contribution in [-0.4, -0.2) is 141 Å². The van der Waals surface area contributed by atoms with E-state index >= 15 is 0 Å². The average Bonchev–Trinajstić information content (AvgIpc) is 2.88. The van der Waals surface area contributed by atoms with E-state index in [-0.39, 0.29) is 0 Å². The van der Waals surface area contributed by atoms with Crippen molar-refractivity contribution < 1.29 is 49.6 Å². The van der Waals surface area contributed by atoms with Gasteiger partial charge in [0.15, 0.2) is 79.1 Å². The Morgan fingerprint density at radius 2 is 0.564 bits per heavy atom. The Hall–Kier alpha value is 1.30. The molecule has 55 heavy (non-hydrogen) atoms. The van der Waals surface area contributed by atoms with Gasteiger partial charge in [-0.3, -0.25) is 0 Å². The second kappa shape index (κ2) is 19.1. The van der Waals surface area contributed by atoms with Gasteiger partial charge in [0.1, 0.15) is 48.8 Å². The molecule has 2 rings (SSSR count). The molecule has 0 N–H and O–H groups in total. The van der Waals surface area contributed by atoms with Gasteiger partial charge in [-0.25, -0.2) is 0 Å². The molecule has 2 saturated heterocycles. The van der Waals surface area contributed by atoms with Crippen molar-refractivity contribution in [1.29, 1.82) is 0 Å². The molecule has 0 unspecified atom stereocenters. The first-order valence-corrected chi connectivity index (χ1v) is 47.8. The second-order valence-electron chi connectivity index (χ2n) is 23.2. The molecule has 2 heterocycles. The predicted molar refractivity (Wildman–Crippen MR) is 246 cm³/mol. The molecule has 0 aromatic rings. The fraction of sp³-hybridized carbons (Fsp3) is 1.00. The summed E-state index contributed by atoms with van der Waals surface area (Å²) in [6.45, 7) is 53.5. The molecule has 0 bridgehead atoms. The van der Waals surface area contributed by atoms with E-state index in [0.717, 1.165) is 0 Å². The van der Waals surface area contributed by atoms with Gasteiger partial charge in [0.05, 0.1) is 13.2 Å². The lowest BCUT2D eigenvalue weighted by atomic mass is 9.97. The Morgan fingerprint density at radius 3 is 0.909 bits per heavy atom. The summed E-state index contributed by atoms with van der Waals surface area (Å²) in [4.78, 5) is 0. The van der Waals surface area contributed by atoms with E-state index in [2.05, 4.69) is 157 Å². The summed E-state index contributed by atoms with van der Waals surface area (Å²) >= 11 is 0. The molecule has 328 valence electrons. The number of hydrogen-bond acceptors (Lipinski definition) is 11. The van der Waals surface area contributed by atoms with Crippen LogP contribution in [0.1, 0.15) is 0 Å². The van der Waals surface area contributed by atoms with Crippen LogP contribution in [0.4, 0.5) is 0 Å². The average molecular weight is 920 g/mol. The van der Waals surface area contributed by atoms with Gasteiger partial charge in [0, 0.05) is 0 Å². The number of rotatable bonds is 20. The van der Waals surface area contributed by atoms with E-state index in [1.165, 1.54) is 0 Å². The number of ether oxygens (including phenoxy) is 3. The Labute approximate surface area is 346 Å². The van der Waals surface area contributed by atoms with Crippen LogP contribution in [0.25, 0.3) is 0 Å². The van der Waals surface area contributed by atoms with Gasteiger partial charge in [-0.1, -0.05) is 0 Å². The largest absolute Gasteiger partial charge is 0.415 e. The maximum Gasteiger partial charge on any atom is 0.187 e. The normalized spacial score (nSPS) is 31.2. The smallest absolute Gasteiger partial charge is 0.187 e. The van der Waals surface area contributed by atoms with Crippen LogP contribution >= 0.6 is 0 Å². The van der Waals surface area contributed by atoms with Gasteiger partial charge in [-0.2, -0.15) is 0 Å². The molecule has 10 atom stereocenters. The first-order valence-electron chi connectivity index (χ1n) is 20.5. The van der Waals surface area contributed by atoms with Gasteiger partial charge in [0.25, 0.3) is 0 Å². The number of hydrogen-bond donors (Lipinski definition) is 0. The molecular weight excluding hydrogens is 833 g/mol. The molecule has 0 spiro atoms. The Kier molecular flexibility index (Phi) is 18.2. The molecule has 0 radical (unpaired) electrons. The summed E-state index contributed by atoms with van der Waals surface area (Å²) in [5.41, 5.74) is 0. The highest BCUT2D eigenvalue weighted by Crippen LogP contribution is 2.39. The molecule has 0 aliphatic carbocycles. The van der Waals surface area contributed by atoms with Crippen molar-refractivity contribution in [3.8, 4) is 0 Å². The minimum Gasteiger partial charge on any atom is -0.415 e. The van der Waals surface area contributed by atoms with Gasteiger partial charge in [0.2, 0.25) is 0 Å². The Bertz CT molecular complexity index is 1180. The second-order valence-corrected chi connectivity index (χ2v) is 59.0. The zero-order valence-electron chi connectivity index (χ0n) is 39.7. The molecule has 0 aromatic carbocycles. The fourth-order valence-corrected chi connectivity index (χ4v) is 13.9. The van der Waals surface area contributed by atoms with Crippen molar-refractivity contribution in [2.24, 2.45) is 0 Å². The van der Waals surface area contributed by atoms with Crippen molar-refractivity contribution in [3.63, 3.8) is 0 Å². The maximum atomic E-state index is 7.46. The van der Waals surface area contributed by atoms with Crippen LogP contribution < -0.4 is 0 Å². The molecule has 11 nitrogen and oxygen atoms in total. The van der Waals surface area contributed by atoms with E-state index in [1.807, 2.05) is 0 Å². The van der Waals surface area contributed by atoms with Crippen LogP contribution in [0.3, 0.4) is 0 Å². The SMILES string of the molecule is C[Si](C)(C)OC[C@H]1O[C@@H](O[C@H]2[C@H](O[Si](C)(C)C)[C@@H](O[Si](C)(C)C)[C@@H](O[Si](C)(C)C)O[C@@H]2CO[Si](C)(C)C)[C@H](O[Si](C)(C)C)[C@@H](O[Si](C)(C)C)[C@H]1O[Si](C)(C)C. The summed E-state index contributed by atoms with van der Waals surface area (Å²) in [6, 6.07) is 0. The summed E-state index contributed by atoms with van der Waals surface area (Å²) in [5.74, 6) is 0. The summed E-state index contributed by atoms with van der Waals surface area (Å²) < 4.78 is 77.4. The zero-order chi connectivity index (χ0) is 43.0. The molecular formula is C36H86O11Si8. The third kappa shape index (κ3) is 20.6. The molecule has 0 amide bonds. The summed E-state index contributed by atoms with van der Waals surface area (Å²) in [7, 11) is -17.0. The van der Waals surface area contributed by atoms with E-state index in [4.69, 9.17) is 49.6 Å². The highest BCUT2D eigenvalue weighted by atomic mass is 28.4. The van der Waals surface area contributed by atoms with Crippen LogP contribution in [0.15, 0.2) is 0 Å². The van der Waals surface area contributed by atoms with Crippen molar-refractivity contribution in [3.05, 3.63) is 0 Å². The van der Waals surface area contributed by atoms with Gasteiger partial charge in [-0.15, -0.1) is 0 Å². The van der Waals surface area contributed by atoms with Crippen molar-refractivity contribution in [2.45, 2.75) is 219 Å². The van der Waals surface area contributed by atoms with Gasteiger partial charge < -0.3 is 49.6 Å². The van der Waals surface area contributed by atoms with E-state index in [1.54, 1.807) is 0 Å². The van der Waals surface area contributed by atoms with Crippen LogP contribution in [0, 0.1) is 0 Å². The zero-order valence-corrected chi connectivity index (χ0v) is 47.7. The fourth-order valence-electron chi connectivity index (χ4n) is 6.26. The van der Waals surface area contributed by atoms with Crippen molar-refractivity contribution >= 4 is 66.5 Å². The topological polar surface area (TPSA) is 102 Å². The molecule has 2 fully saturated rings. The molecule has 2 aliphatic heterocycles. The first kappa shape index (κ1) is 52.4. The van der Waals surface area contributed by atoms with E-state index < -0.39 is 128 Å². The van der Waals surface area contributed by atoms with E-state index in [0.29, 0.717) is 13.2 Å². The molecule has 19 heteroatoms. The first-order chi connectivity index (χ1) is 24.2. The predicted octanol–water partition coefficient (Wildman–Crippen LogP) is 9.48. The lowest BCUT2D eigenvalue weighted by Gasteiger charge is -2.54. The van der Waals surface area contributed by atoms with Gasteiger partial charge in [-0.05, 0) is 157 Å². The van der Waals surface area contributed by atoms with Crippen LogP contribution in [-0.2, 0) is 49.6 Å². The van der Waals surface area contributed by atoms with Crippen molar-refractivity contribution in [2.75, 3.05) is 13.2 Å². The lowest BCUT2D eigenvalue weighted by Crippen LogP contribution is -2.70. The highest BCUT2D eigenvalue weighted by molar-refractivity contribution is 6.72. The standard InChI is InChI=1S/C36H86O11Si8/c1-48(2,3)37-25-27-29(31(43-51(10,11)12)34(46-54(19,20)21)36(40-27)47-55(22,23)24)41-35-33(45-53(16,17)18)32(44-52(13,14)15)30(42-50(7,8)9)28(39-35)26-38-49(4,5)6/h27-36H,25-26H2,1-24H3/t27-,28-,29-,30+,31+,32+,33-,34-,35+,36-/m1/s1. The third-order valence-electron chi connectivity index (χ3n) is 7.75. The summed E-state index contributed by atoms with van der Waals surface area (Å²) in [6.07, 6.45) is -5.61.